The number of methoxy groups -OCH3 is 1. The fourth-order valence-corrected chi connectivity index (χ4v) is 2.23. The quantitative estimate of drug-likeness (QED) is 0.682. The van der Waals surface area contributed by atoms with Crippen molar-refractivity contribution >= 4 is 23.4 Å². The normalized spacial score (nSPS) is 11.9. The third kappa shape index (κ3) is 3.33. The number of ether oxygens (including phenoxy) is 1. The van der Waals surface area contributed by atoms with Crippen LogP contribution in [0.15, 0.2) is 30.3 Å². The number of aromatic nitrogens is 1. The predicted octanol–water partition coefficient (Wildman–Crippen LogP) is 3.97. The van der Waals surface area contributed by atoms with Gasteiger partial charge in [0.05, 0.1) is 13.2 Å². The van der Waals surface area contributed by atoms with Gasteiger partial charge in [-0.1, -0.05) is 29.8 Å². The van der Waals surface area contributed by atoms with Gasteiger partial charge in [-0.2, -0.15) is 9.37 Å². The van der Waals surface area contributed by atoms with Crippen molar-refractivity contribution in [2.24, 2.45) is 0 Å². The summed E-state index contributed by atoms with van der Waals surface area (Å²) in [6.45, 7) is 1.73. The van der Waals surface area contributed by atoms with Gasteiger partial charge in [-0.15, -0.1) is 0 Å². The Bertz CT molecular complexity index is 710. The van der Waals surface area contributed by atoms with Crippen LogP contribution < -0.4 is 5.32 Å². The fourth-order valence-electron chi connectivity index (χ4n) is 1.93. The number of pyridine rings is 1. The number of anilines is 1. The molecule has 1 aromatic carbocycles. The summed E-state index contributed by atoms with van der Waals surface area (Å²) < 4.78 is 32.1. The maximum Gasteiger partial charge on any atom is 0.342 e. The van der Waals surface area contributed by atoms with Crippen LogP contribution in [-0.4, -0.2) is 18.1 Å². The molecular formula is C15H13ClF2N2O2. The lowest BCUT2D eigenvalue weighted by atomic mass is 10.1. The highest BCUT2D eigenvalue weighted by atomic mass is 35.5. The molecule has 0 radical (unpaired) electrons. The molecule has 0 aliphatic carbocycles. The third-order valence-electron chi connectivity index (χ3n) is 3.06. The molecule has 0 fully saturated rings. The molecule has 116 valence electrons. The minimum Gasteiger partial charge on any atom is -0.465 e. The highest BCUT2D eigenvalue weighted by Gasteiger charge is 2.19. The molecule has 1 heterocycles. The average molecular weight is 327 g/mol. The van der Waals surface area contributed by atoms with E-state index < -0.39 is 29.3 Å². The van der Waals surface area contributed by atoms with Gasteiger partial charge in [0.25, 0.3) is 0 Å². The van der Waals surface area contributed by atoms with Crippen LogP contribution in [-0.2, 0) is 4.74 Å². The summed E-state index contributed by atoms with van der Waals surface area (Å²) in [4.78, 5) is 14.7. The zero-order valence-electron chi connectivity index (χ0n) is 11.9. The lowest BCUT2D eigenvalue weighted by Crippen LogP contribution is -2.13. The molecule has 0 bridgehead atoms. The molecule has 4 nitrogen and oxygen atoms in total. The number of benzene rings is 1. The maximum atomic E-state index is 14.0. The zero-order valence-corrected chi connectivity index (χ0v) is 12.6. The molecule has 1 atom stereocenters. The van der Waals surface area contributed by atoms with E-state index in [0.29, 0.717) is 10.6 Å². The van der Waals surface area contributed by atoms with E-state index in [2.05, 4.69) is 15.0 Å². The molecule has 0 saturated heterocycles. The molecule has 1 N–H and O–H groups in total. The molecular weight excluding hydrogens is 314 g/mol. The van der Waals surface area contributed by atoms with Crippen LogP contribution in [0.5, 0.6) is 0 Å². The van der Waals surface area contributed by atoms with Gasteiger partial charge in [-0.3, -0.25) is 0 Å². The Morgan fingerprint density at radius 3 is 2.68 bits per heavy atom. The van der Waals surface area contributed by atoms with Crippen LogP contribution in [0.2, 0.25) is 5.02 Å². The lowest BCUT2D eigenvalue weighted by molar-refractivity contribution is 0.0593. The summed E-state index contributed by atoms with van der Waals surface area (Å²) >= 11 is 6.05. The molecule has 0 aliphatic rings. The summed E-state index contributed by atoms with van der Waals surface area (Å²) in [6, 6.07) is 7.35. The maximum absolute atomic E-state index is 14.0. The Balaban J connectivity index is 2.29. The number of nitrogens with one attached hydrogen (secondary N) is 1. The Labute approximate surface area is 131 Å². The van der Waals surface area contributed by atoms with E-state index in [9.17, 15) is 13.6 Å². The molecule has 2 rings (SSSR count). The lowest BCUT2D eigenvalue weighted by Gasteiger charge is -2.17. The minimum atomic E-state index is -1.11. The first-order chi connectivity index (χ1) is 10.4. The second-order valence-corrected chi connectivity index (χ2v) is 4.94. The number of halogens is 3. The van der Waals surface area contributed by atoms with Crippen LogP contribution in [0.3, 0.4) is 0 Å². The van der Waals surface area contributed by atoms with Crippen LogP contribution in [0, 0.1) is 11.8 Å². The minimum absolute atomic E-state index is 0.308. The van der Waals surface area contributed by atoms with E-state index in [4.69, 9.17) is 11.6 Å². The molecule has 0 unspecified atom stereocenters. The highest BCUT2D eigenvalue weighted by Crippen LogP contribution is 2.26. The van der Waals surface area contributed by atoms with Crippen molar-refractivity contribution in [3.05, 3.63) is 58.2 Å². The Morgan fingerprint density at radius 1 is 1.36 bits per heavy atom. The summed E-state index contributed by atoms with van der Waals surface area (Å²) in [5.74, 6) is -3.27. The number of hydrogen-bond acceptors (Lipinski definition) is 4. The topological polar surface area (TPSA) is 51.2 Å². The monoisotopic (exact) mass is 326 g/mol. The van der Waals surface area contributed by atoms with Gasteiger partial charge in [0.1, 0.15) is 5.56 Å². The van der Waals surface area contributed by atoms with Crippen LogP contribution in [0.4, 0.5) is 14.6 Å². The summed E-state index contributed by atoms with van der Waals surface area (Å²) in [7, 11) is 1.07. The number of nitrogens with zero attached hydrogens (tertiary/aromatic N) is 1. The molecule has 0 aliphatic heterocycles. The van der Waals surface area contributed by atoms with Crippen molar-refractivity contribution in [3.8, 4) is 0 Å². The van der Waals surface area contributed by atoms with Crippen molar-refractivity contribution in [2.45, 2.75) is 13.0 Å². The number of rotatable bonds is 4. The highest BCUT2D eigenvalue weighted by molar-refractivity contribution is 6.31. The van der Waals surface area contributed by atoms with E-state index in [1.807, 2.05) is 0 Å². The molecule has 0 saturated carbocycles. The zero-order chi connectivity index (χ0) is 16.3. The van der Waals surface area contributed by atoms with E-state index >= 15 is 0 Å². The number of esters is 1. The van der Waals surface area contributed by atoms with Crippen molar-refractivity contribution in [2.75, 3.05) is 12.4 Å². The molecule has 0 amide bonds. The molecule has 7 heteroatoms. The van der Waals surface area contributed by atoms with Crippen molar-refractivity contribution in [3.63, 3.8) is 0 Å². The van der Waals surface area contributed by atoms with Gasteiger partial charge >= 0.3 is 5.97 Å². The van der Waals surface area contributed by atoms with E-state index in [1.54, 1.807) is 31.2 Å². The average Bonchev–Trinajstić information content (AvgIpc) is 2.50. The number of carbonyl (C=O) groups is 1. The second kappa shape index (κ2) is 6.70. The third-order valence-corrected chi connectivity index (χ3v) is 3.40. The molecule has 1 aromatic heterocycles. The predicted molar refractivity (Wildman–Crippen MR) is 79.0 cm³/mol. The van der Waals surface area contributed by atoms with Crippen molar-refractivity contribution < 1.29 is 18.3 Å². The summed E-state index contributed by atoms with van der Waals surface area (Å²) in [5.41, 5.74) is 0.152. The standard InChI is InChI=1S/C15H13ClF2N2O2/c1-8(9-5-3-4-6-11(9)16)19-14-12(17)7-10(13(18)20-14)15(21)22-2/h3-8H,1-2H3,(H,19,20)/t8-/m0/s1. The van der Waals surface area contributed by atoms with E-state index in [-0.39, 0.29) is 5.82 Å². The summed E-state index contributed by atoms with van der Waals surface area (Å²) in [5, 5.41) is 3.22. The van der Waals surface area contributed by atoms with Gasteiger partial charge in [-0.25, -0.2) is 9.18 Å². The number of carbonyl (C=O) groups excluding carboxylic acids is 1. The van der Waals surface area contributed by atoms with Crippen molar-refractivity contribution in [1.29, 1.82) is 0 Å². The summed E-state index contributed by atoms with van der Waals surface area (Å²) in [6.07, 6.45) is 0. The Morgan fingerprint density at radius 2 is 2.05 bits per heavy atom. The largest absolute Gasteiger partial charge is 0.465 e. The van der Waals surface area contributed by atoms with Gasteiger partial charge < -0.3 is 10.1 Å². The van der Waals surface area contributed by atoms with Crippen LogP contribution in [0.25, 0.3) is 0 Å². The smallest absolute Gasteiger partial charge is 0.342 e. The Hall–Kier alpha value is -2.21. The van der Waals surface area contributed by atoms with Crippen LogP contribution >= 0.6 is 11.6 Å². The first-order valence-corrected chi connectivity index (χ1v) is 6.77. The number of hydrogen-bond donors (Lipinski definition) is 1. The molecule has 2 aromatic rings. The van der Waals surface area contributed by atoms with Gasteiger partial charge in [0.2, 0.25) is 5.95 Å². The van der Waals surface area contributed by atoms with Gasteiger partial charge in [0.15, 0.2) is 11.6 Å². The van der Waals surface area contributed by atoms with E-state index in [0.717, 1.165) is 13.2 Å². The first-order valence-electron chi connectivity index (χ1n) is 6.39. The molecule has 0 spiro atoms. The van der Waals surface area contributed by atoms with E-state index in [1.165, 1.54) is 0 Å². The Kier molecular flexibility index (Phi) is 4.92. The van der Waals surface area contributed by atoms with Crippen molar-refractivity contribution in [1.82, 2.24) is 4.98 Å². The second-order valence-electron chi connectivity index (χ2n) is 4.54. The van der Waals surface area contributed by atoms with Gasteiger partial charge in [-0.05, 0) is 24.6 Å². The fraction of sp³-hybridized carbons (Fsp3) is 0.200. The molecule has 22 heavy (non-hydrogen) atoms. The SMILES string of the molecule is COC(=O)c1cc(F)c(N[C@@H](C)c2ccccc2Cl)nc1F. The first kappa shape index (κ1) is 16.2. The van der Waals surface area contributed by atoms with Gasteiger partial charge in [0, 0.05) is 5.02 Å². The van der Waals surface area contributed by atoms with Crippen LogP contribution in [0.1, 0.15) is 28.9 Å².